The molecule has 0 heterocycles. The highest BCUT2D eigenvalue weighted by molar-refractivity contribution is 5.90. The largest absolute Gasteiger partial charge is 0.418 e. The lowest BCUT2D eigenvalue weighted by atomic mass is 10.1. The first-order valence-corrected chi connectivity index (χ1v) is 6.83. The number of hydrogen-bond donors (Lipinski definition) is 2. The van der Waals surface area contributed by atoms with E-state index in [-0.39, 0.29) is 13.2 Å². The zero-order valence-electron chi connectivity index (χ0n) is 12.1. The molecule has 0 aliphatic rings. The van der Waals surface area contributed by atoms with Crippen LogP contribution in [0.5, 0.6) is 0 Å². The molecule has 0 atom stereocenters. The van der Waals surface area contributed by atoms with Crippen LogP contribution in [0.4, 0.5) is 28.0 Å². The molecule has 2 N–H and O–H groups in total. The number of anilines is 1. The summed E-state index contributed by atoms with van der Waals surface area (Å²) in [5.74, 6) is -1.04. The van der Waals surface area contributed by atoms with Crippen LogP contribution in [0.15, 0.2) is 18.2 Å². The Morgan fingerprint density at radius 1 is 1.32 bits per heavy atom. The number of nitrogens with one attached hydrogen (secondary N) is 1. The highest BCUT2D eigenvalue weighted by Gasteiger charge is 2.34. The summed E-state index contributed by atoms with van der Waals surface area (Å²) < 4.78 is 51.6. The molecule has 1 aromatic rings. The Kier molecular flexibility index (Phi) is 6.61. The Morgan fingerprint density at radius 3 is 2.55 bits per heavy atom. The van der Waals surface area contributed by atoms with Crippen LogP contribution in [0.2, 0.25) is 0 Å². The van der Waals surface area contributed by atoms with Gasteiger partial charge in [-0.25, -0.2) is 9.18 Å². The molecule has 0 aliphatic heterocycles. The number of amides is 2. The molecule has 1 aromatic carbocycles. The van der Waals surface area contributed by atoms with Gasteiger partial charge >= 0.3 is 12.2 Å². The molecule has 22 heavy (non-hydrogen) atoms. The summed E-state index contributed by atoms with van der Waals surface area (Å²) in [6, 6.07) is 1.28. The molecule has 8 heteroatoms. The smallest absolute Gasteiger partial charge is 0.395 e. The second-order valence-electron chi connectivity index (χ2n) is 4.68. The Hall–Kier alpha value is -1.83. The van der Waals surface area contributed by atoms with E-state index in [4.69, 9.17) is 5.11 Å². The van der Waals surface area contributed by atoms with Gasteiger partial charge in [0.25, 0.3) is 0 Å². The molecule has 0 saturated carbocycles. The molecule has 2 amide bonds. The average molecular weight is 322 g/mol. The Labute approximate surface area is 125 Å². The molecule has 0 bridgehead atoms. The summed E-state index contributed by atoms with van der Waals surface area (Å²) in [5, 5.41) is 11.0. The van der Waals surface area contributed by atoms with Crippen LogP contribution < -0.4 is 5.32 Å². The molecule has 0 fully saturated rings. The molecule has 0 saturated heterocycles. The van der Waals surface area contributed by atoms with Crippen LogP contribution in [-0.2, 0) is 6.18 Å². The van der Waals surface area contributed by atoms with Gasteiger partial charge in [0.2, 0.25) is 0 Å². The monoisotopic (exact) mass is 322 g/mol. The number of benzene rings is 1. The van der Waals surface area contributed by atoms with Crippen LogP contribution >= 0.6 is 0 Å². The van der Waals surface area contributed by atoms with Crippen LogP contribution in [0.1, 0.15) is 25.3 Å². The van der Waals surface area contributed by atoms with E-state index in [1.54, 1.807) is 0 Å². The van der Waals surface area contributed by atoms with Crippen molar-refractivity contribution in [1.29, 1.82) is 0 Å². The number of aliphatic hydroxyl groups is 1. The first-order chi connectivity index (χ1) is 10.3. The summed E-state index contributed by atoms with van der Waals surface area (Å²) in [7, 11) is 0. The number of carbonyl (C=O) groups excluding carboxylic acids is 1. The summed E-state index contributed by atoms with van der Waals surface area (Å²) >= 11 is 0. The summed E-state index contributed by atoms with van der Waals surface area (Å²) in [6.45, 7) is 1.92. The van der Waals surface area contributed by atoms with Crippen LogP contribution in [0, 0.1) is 5.82 Å². The summed E-state index contributed by atoms with van der Waals surface area (Å²) in [5.41, 5.74) is -1.77. The van der Waals surface area contributed by atoms with E-state index in [9.17, 15) is 22.4 Å². The molecule has 0 unspecified atom stereocenters. The van der Waals surface area contributed by atoms with E-state index in [0.29, 0.717) is 19.0 Å². The number of nitrogens with zero attached hydrogens (tertiary/aromatic N) is 1. The third-order valence-corrected chi connectivity index (χ3v) is 2.97. The summed E-state index contributed by atoms with van der Waals surface area (Å²) in [6.07, 6.45) is -3.33. The zero-order valence-corrected chi connectivity index (χ0v) is 12.1. The van der Waals surface area contributed by atoms with Gasteiger partial charge < -0.3 is 15.3 Å². The van der Waals surface area contributed by atoms with Crippen LogP contribution in [0.25, 0.3) is 0 Å². The Morgan fingerprint density at radius 2 is 2.00 bits per heavy atom. The number of unbranched alkanes of at least 4 members (excludes halogenated alkanes) is 1. The Balaban J connectivity index is 2.95. The number of urea groups is 1. The van der Waals surface area contributed by atoms with Crippen molar-refractivity contribution >= 4 is 11.7 Å². The van der Waals surface area contributed by atoms with Crippen molar-refractivity contribution in [3.63, 3.8) is 0 Å². The minimum absolute atomic E-state index is 0.00831. The van der Waals surface area contributed by atoms with Gasteiger partial charge in [0.1, 0.15) is 5.82 Å². The van der Waals surface area contributed by atoms with Gasteiger partial charge in [-0.2, -0.15) is 13.2 Å². The first-order valence-electron chi connectivity index (χ1n) is 6.83. The van der Waals surface area contributed by atoms with Gasteiger partial charge in [-0.1, -0.05) is 13.3 Å². The predicted molar refractivity (Wildman–Crippen MR) is 74.0 cm³/mol. The minimum Gasteiger partial charge on any atom is -0.395 e. The molecule has 1 rings (SSSR count). The average Bonchev–Trinajstić information content (AvgIpc) is 2.44. The quantitative estimate of drug-likeness (QED) is 0.788. The third kappa shape index (κ3) is 5.18. The third-order valence-electron chi connectivity index (χ3n) is 2.97. The zero-order chi connectivity index (χ0) is 16.8. The van der Waals surface area contributed by atoms with E-state index in [0.717, 1.165) is 18.6 Å². The van der Waals surface area contributed by atoms with Gasteiger partial charge in [-0.15, -0.1) is 0 Å². The standard InChI is InChI=1S/C14H18F4N2O2/c1-2-3-6-20(7-8-21)13(22)19-12-5-4-10(15)9-11(12)14(16,17)18/h4-5,9,21H,2-3,6-8H2,1H3,(H,19,22). The van der Waals surface area contributed by atoms with E-state index >= 15 is 0 Å². The number of alkyl halides is 3. The number of hydrogen-bond acceptors (Lipinski definition) is 2. The van der Waals surface area contributed by atoms with E-state index in [1.165, 1.54) is 4.90 Å². The SMILES string of the molecule is CCCCN(CCO)C(=O)Nc1ccc(F)cc1C(F)(F)F. The summed E-state index contributed by atoms with van der Waals surface area (Å²) in [4.78, 5) is 13.2. The highest BCUT2D eigenvalue weighted by Crippen LogP contribution is 2.35. The molecular formula is C14H18F4N2O2. The maximum Gasteiger partial charge on any atom is 0.418 e. The van der Waals surface area contributed by atoms with Crippen molar-refractivity contribution in [2.75, 3.05) is 25.0 Å². The van der Waals surface area contributed by atoms with Gasteiger partial charge in [0, 0.05) is 13.1 Å². The lowest BCUT2D eigenvalue weighted by molar-refractivity contribution is -0.137. The fourth-order valence-corrected chi connectivity index (χ4v) is 1.84. The van der Waals surface area contributed by atoms with Crippen molar-refractivity contribution in [3.05, 3.63) is 29.6 Å². The van der Waals surface area contributed by atoms with Crippen molar-refractivity contribution in [2.24, 2.45) is 0 Å². The molecule has 0 spiro atoms. The molecular weight excluding hydrogens is 304 g/mol. The van der Waals surface area contributed by atoms with Crippen LogP contribution in [0.3, 0.4) is 0 Å². The molecule has 4 nitrogen and oxygen atoms in total. The normalized spacial score (nSPS) is 11.4. The van der Waals surface area contributed by atoms with Crippen molar-refractivity contribution in [2.45, 2.75) is 25.9 Å². The minimum atomic E-state index is -4.78. The molecule has 0 radical (unpaired) electrons. The topological polar surface area (TPSA) is 52.6 Å². The number of rotatable bonds is 6. The van der Waals surface area contributed by atoms with Gasteiger partial charge in [-0.05, 0) is 24.6 Å². The van der Waals surface area contributed by atoms with Gasteiger partial charge in [0.15, 0.2) is 0 Å². The van der Waals surface area contributed by atoms with Crippen molar-refractivity contribution in [1.82, 2.24) is 4.90 Å². The van der Waals surface area contributed by atoms with E-state index in [1.807, 2.05) is 6.92 Å². The number of halogens is 4. The molecule has 0 aliphatic carbocycles. The van der Waals surface area contributed by atoms with Crippen LogP contribution in [-0.4, -0.2) is 35.7 Å². The molecule has 0 aromatic heterocycles. The van der Waals surface area contributed by atoms with E-state index < -0.39 is 29.3 Å². The second-order valence-corrected chi connectivity index (χ2v) is 4.68. The highest BCUT2D eigenvalue weighted by atomic mass is 19.4. The fraction of sp³-hybridized carbons (Fsp3) is 0.500. The number of carbonyl (C=O) groups is 1. The van der Waals surface area contributed by atoms with Gasteiger partial charge in [-0.3, -0.25) is 0 Å². The first kappa shape index (κ1) is 18.2. The maximum atomic E-state index is 13.0. The van der Waals surface area contributed by atoms with Crippen molar-refractivity contribution < 1.29 is 27.5 Å². The molecule has 124 valence electrons. The lowest BCUT2D eigenvalue weighted by Gasteiger charge is -2.23. The predicted octanol–water partition coefficient (Wildman–Crippen LogP) is 3.47. The fourth-order valence-electron chi connectivity index (χ4n) is 1.84. The second kappa shape index (κ2) is 7.98. The maximum absolute atomic E-state index is 13.0. The number of aliphatic hydroxyl groups excluding tert-OH is 1. The van der Waals surface area contributed by atoms with Crippen molar-refractivity contribution in [3.8, 4) is 0 Å². The van der Waals surface area contributed by atoms with Gasteiger partial charge in [0.05, 0.1) is 17.9 Å². The Bertz CT molecular complexity index is 506. The van der Waals surface area contributed by atoms with E-state index in [2.05, 4.69) is 5.32 Å². The lowest BCUT2D eigenvalue weighted by Crippen LogP contribution is -2.38.